The predicted molar refractivity (Wildman–Crippen MR) is 106 cm³/mol. The fourth-order valence-corrected chi connectivity index (χ4v) is 3.39. The van der Waals surface area contributed by atoms with Gasteiger partial charge in [0.2, 0.25) is 5.91 Å². The lowest BCUT2D eigenvalue weighted by Gasteiger charge is -2.20. The van der Waals surface area contributed by atoms with Crippen LogP contribution in [0.3, 0.4) is 0 Å². The first-order valence-electron chi connectivity index (χ1n) is 8.70. The van der Waals surface area contributed by atoms with Gasteiger partial charge < -0.3 is 10.4 Å². The number of hydrogen-bond acceptors (Lipinski definition) is 4. The quantitative estimate of drug-likeness (QED) is 0.693. The monoisotopic (exact) mass is 385 g/mol. The molecular weight excluding hydrogens is 362 g/mol. The maximum Gasteiger partial charge on any atom is 0.326 e. The van der Waals surface area contributed by atoms with Gasteiger partial charge in [-0.2, -0.15) is 0 Å². The molecule has 0 aliphatic rings. The zero-order valence-electron chi connectivity index (χ0n) is 15.1. The number of carbonyl (C=O) groups is 3. The molecule has 142 valence electrons. The summed E-state index contributed by atoms with van der Waals surface area (Å²) in [7, 11) is 0. The lowest BCUT2D eigenvalue weighted by atomic mass is 9.99. The molecule has 0 aliphatic carbocycles. The third-order valence-corrected chi connectivity index (χ3v) is 5.06. The fourth-order valence-electron chi connectivity index (χ4n) is 2.68. The van der Waals surface area contributed by atoms with Crippen molar-refractivity contribution < 1.29 is 19.5 Å². The highest BCUT2D eigenvalue weighted by atomic mass is 32.2. The molecule has 2 atom stereocenters. The van der Waals surface area contributed by atoms with E-state index in [1.165, 1.54) is 6.92 Å². The molecule has 1 unspecified atom stereocenters. The Morgan fingerprint density at radius 1 is 0.926 bits per heavy atom. The molecule has 0 saturated carbocycles. The van der Waals surface area contributed by atoms with E-state index in [1.807, 2.05) is 60.7 Å². The van der Waals surface area contributed by atoms with Gasteiger partial charge in [-0.1, -0.05) is 72.4 Å². The van der Waals surface area contributed by atoms with Gasteiger partial charge in [0, 0.05) is 19.1 Å². The molecule has 5 nitrogen and oxygen atoms in total. The molecule has 0 bridgehead atoms. The third kappa shape index (κ3) is 7.27. The van der Waals surface area contributed by atoms with Gasteiger partial charge in [0.15, 0.2) is 5.12 Å². The number of rotatable bonds is 9. The van der Waals surface area contributed by atoms with Gasteiger partial charge in [-0.05, 0) is 17.5 Å². The highest BCUT2D eigenvalue weighted by molar-refractivity contribution is 8.13. The van der Waals surface area contributed by atoms with Gasteiger partial charge in [0.1, 0.15) is 6.04 Å². The molecule has 0 aromatic heterocycles. The first-order valence-corrected chi connectivity index (χ1v) is 9.68. The SMILES string of the molecule is CC(=O)SCC(Cc1ccccc1)C(=O)N[C@@H](Cc1ccccc1)C(=O)O. The highest BCUT2D eigenvalue weighted by Gasteiger charge is 2.26. The molecule has 0 aliphatic heterocycles. The summed E-state index contributed by atoms with van der Waals surface area (Å²) in [6.45, 7) is 1.46. The summed E-state index contributed by atoms with van der Waals surface area (Å²) < 4.78 is 0. The number of hydrogen-bond donors (Lipinski definition) is 2. The first-order chi connectivity index (χ1) is 13.0. The second-order valence-corrected chi connectivity index (χ2v) is 7.48. The lowest BCUT2D eigenvalue weighted by molar-refractivity contribution is -0.142. The smallest absolute Gasteiger partial charge is 0.326 e. The van der Waals surface area contributed by atoms with Crippen LogP contribution >= 0.6 is 11.8 Å². The Kier molecular flexibility index (Phi) is 8.07. The van der Waals surface area contributed by atoms with E-state index in [4.69, 9.17) is 0 Å². The second kappa shape index (κ2) is 10.5. The van der Waals surface area contributed by atoms with Crippen LogP contribution in [0.15, 0.2) is 60.7 Å². The Morgan fingerprint density at radius 3 is 1.93 bits per heavy atom. The van der Waals surface area contributed by atoms with Gasteiger partial charge >= 0.3 is 5.97 Å². The number of carbonyl (C=O) groups excluding carboxylic acids is 2. The van der Waals surface area contributed by atoms with E-state index in [1.54, 1.807) is 0 Å². The number of thioether (sulfide) groups is 1. The van der Waals surface area contributed by atoms with E-state index < -0.39 is 17.9 Å². The normalized spacial score (nSPS) is 12.8. The maximum absolute atomic E-state index is 12.8. The molecule has 2 aromatic rings. The van der Waals surface area contributed by atoms with E-state index in [9.17, 15) is 19.5 Å². The molecular formula is C21H23NO4S. The van der Waals surface area contributed by atoms with Gasteiger partial charge in [-0.25, -0.2) is 4.79 Å². The first kappa shape index (κ1) is 20.7. The minimum Gasteiger partial charge on any atom is -0.480 e. The number of carboxylic acids is 1. The fraction of sp³-hybridized carbons (Fsp3) is 0.286. The molecule has 2 aromatic carbocycles. The highest BCUT2D eigenvalue weighted by Crippen LogP contribution is 2.16. The number of amides is 1. The number of benzene rings is 2. The van der Waals surface area contributed by atoms with E-state index >= 15 is 0 Å². The Morgan fingerprint density at radius 2 is 1.44 bits per heavy atom. The van der Waals surface area contributed by atoms with E-state index in [0.717, 1.165) is 22.9 Å². The third-order valence-electron chi connectivity index (χ3n) is 4.08. The summed E-state index contributed by atoms with van der Waals surface area (Å²) in [6.07, 6.45) is 0.657. The molecule has 2 rings (SSSR count). The van der Waals surface area contributed by atoms with E-state index in [0.29, 0.717) is 12.2 Å². The largest absolute Gasteiger partial charge is 0.480 e. The van der Waals surface area contributed by atoms with Crippen LogP contribution in [0, 0.1) is 5.92 Å². The van der Waals surface area contributed by atoms with Gasteiger partial charge in [0.25, 0.3) is 0 Å². The summed E-state index contributed by atoms with van der Waals surface area (Å²) in [5.74, 6) is -1.60. The Labute approximate surface area is 163 Å². The summed E-state index contributed by atoms with van der Waals surface area (Å²) in [5, 5.41) is 12.1. The van der Waals surface area contributed by atoms with E-state index in [-0.39, 0.29) is 17.4 Å². The van der Waals surface area contributed by atoms with Crippen molar-refractivity contribution in [3.63, 3.8) is 0 Å². The lowest BCUT2D eigenvalue weighted by Crippen LogP contribution is -2.46. The van der Waals surface area contributed by atoms with E-state index in [2.05, 4.69) is 5.32 Å². The molecule has 0 heterocycles. The zero-order chi connectivity index (χ0) is 19.6. The van der Waals surface area contributed by atoms with Crippen LogP contribution in [-0.4, -0.2) is 33.9 Å². The number of nitrogens with one attached hydrogen (secondary N) is 1. The summed E-state index contributed by atoms with van der Waals surface area (Å²) >= 11 is 1.08. The van der Waals surface area contributed by atoms with Crippen molar-refractivity contribution in [1.29, 1.82) is 0 Å². The van der Waals surface area contributed by atoms with Gasteiger partial charge in [-0.15, -0.1) is 0 Å². The topological polar surface area (TPSA) is 83.5 Å². The molecule has 2 N–H and O–H groups in total. The van der Waals surface area contributed by atoms with Crippen molar-refractivity contribution >= 4 is 28.8 Å². The van der Waals surface area contributed by atoms with Crippen molar-refractivity contribution in [2.24, 2.45) is 5.92 Å². The molecule has 0 spiro atoms. The number of carboxylic acid groups (broad SMARTS) is 1. The van der Waals surface area contributed by atoms with Crippen LogP contribution < -0.4 is 5.32 Å². The standard InChI is InChI=1S/C21H23NO4S/c1-15(23)27-14-18(12-16-8-4-2-5-9-16)20(24)22-19(21(25)26)13-17-10-6-3-7-11-17/h2-11,18-19H,12-14H2,1H3,(H,22,24)(H,25,26)/t18?,19-/m0/s1. The van der Waals surface area contributed by atoms with Crippen molar-refractivity contribution in [2.45, 2.75) is 25.8 Å². The molecule has 27 heavy (non-hydrogen) atoms. The van der Waals surface area contributed by atoms with Gasteiger partial charge in [-0.3, -0.25) is 9.59 Å². The van der Waals surface area contributed by atoms with Crippen LogP contribution in [0.25, 0.3) is 0 Å². The van der Waals surface area contributed by atoms with Crippen molar-refractivity contribution in [2.75, 3.05) is 5.75 Å². The summed E-state index contributed by atoms with van der Waals surface area (Å²) in [6, 6.07) is 17.7. The molecule has 0 fully saturated rings. The van der Waals surface area contributed by atoms with Gasteiger partial charge in [0.05, 0.1) is 5.92 Å². The minimum atomic E-state index is -1.08. The number of aliphatic carboxylic acids is 1. The second-order valence-electron chi connectivity index (χ2n) is 6.28. The van der Waals surface area contributed by atoms with Crippen molar-refractivity contribution in [3.05, 3.63) is 71.8 Å². The molecule has 1 amide bonds. The maximum atomic E-state index is 12.8. The van der Waals surface area contributed by atoms with Crippen molar-refractivity contribution in [1.82, 2.24) is 5.32 Å². The Balaban J connectivity index is 2.08. The van der Waals surface area contributed by atoms with Crippen LogP contribution in [0.4, 0.5) is 0 Å². The van der Waals surface area contributed by atoms with Crippen molar-refractivity contribution in [3.8, 4) is 0 Å². The Hall–Kier alpha value is -2.60. The average Bonchev–Trinajstić information content (AvgIpc) is 2.66. The molecule has 6 heteroatoms. The van der Waals surface area contributed by atoms with Crippen LogP contribution in [0.5, 0.6) is 0 Å². The van der Waals surface area contributed by atoms with Crippen LogP contribution in [0.2, 0.25) is 0 Å². The van der Waals surface area contributed by atoms with Crippen LogP contribution in [0.1, 0.15) is 18.1 Å². The van der Waals surface area contributed by atoms with Crippen LogP contribution in [-0.2, 0) is 27.2 Å². The molecule has 0 saturated heterocycles. The Bertz CT molecular complexity index is 764. The summed E-state index contributed by atoms with van der Waals surface area (Å²) in [5.41, 5.74) is 1.81. The predicted octanol–water partition coefficient (Wildman–Crippen LogP) is 2.94. The molecule has 0 radical (unpaired) electrons. The summed E-state index contributed by atoms with van der Waals surface area (Å²) in [4.78, 5) is 35.7. The average molecular weight is 385 g/mol. The zero-order valence-corrected chi connectivity index (χ0v) is 15.9. The minimum absolute atomic E-state index is 0.0695.